The van der Waals surface area contributed by atoms with Gasteiger partial charge in [0.25, 0.3) is 0 Å². The summed E-state index contributed by atoms with van der Waals surface area (Å²) in [4.78, 5) is 0. The Hall–Kier alpha value is -4.59. The third-order valence-electron chi connectivity index (χ3n) is 8.48. The van der Waals surface area contributed by atoms with Crippen LogP contribution in [0.15, 0.2) is 140 Å². The van der Waals surface area contributed by atoms with Crippen molar-refractivity contribution in [3.63, 3.8) is 0 Å². The Morgan fingerprint density at radius 2 is 1.05 bits per heavy atom. The van der Waals surface area contributed by atoms with Crippen LogP contribution in [0.2, 0.25) is 0 Å². The molecule has 6 aromatic rings. The molecule has 40 heavy (non-hydrogen) atoms. The minimum Gasteiger partial charge on any atom is -0.457 e. The van der Waals surface area contributed by atoms with Crippen molar-refractivity contribution in [2.24, 2.45) is 0 Å². The van der Waals surface area contributed by atoms with Crippen LogP contribution in [0.3, 0.4) is 0 Å². The molecule has 1 nitrogen and oxygen atoms in total. The van der Waals surface area contributed by atoms with Gasteiger partial charge in [-0.25, -0.2) is 0 Å². The standard InChI is InChI=1S/C38H25ClO/c39-24-25-21-22-27(26-11-2-1-3-12-26)31(23-25)30-15-10-14-29-28-13-4-5-16-32(28)38(37(29)30)33-17-6-8-19-35(33)40-36-20-9-7-18-34(36)38/h1-23H,24H2. The third kappa shape index (κ3) is 3.16. The highest BCUT2D eigenvalue weighted by molar-refractivity contribution is 6.17. The molecule has 0 radical (unpaired) electrons. The average Bonchev–Trinajstić information content (AvgIpc) is 3.32. The van der Waals surface area contributed by atoms with E-state index in [1.54, 1.807) is 0 Å². The van der Waals surface area contributed by atoms with Crippen LogP contribution in [0.25, 0.3) is 33.4 Å². The molecule has 2 heteroatoms. The lowest BCUT2D eigenvalue weighted by atomic mass is 9.64. The summed E-state index contributed by atoms with van der Waals surface area (Å²) in [6, 6.07) is 50.0. The monoisotopic (exact) mass is 532 g/mol. The largest absolute Gasteiger partial charge is 0.457 e. The summed E-state index contributed by atoms with van der Waals surface area (Å²) in [6.07, 6.45) is 0. The van der Waals surface area contributed by atoms with Crippen molar-refractivity contribution in [3.05, 3.63) is 167 Å². The van der Waals surface area contributed by atoms with Gasteiger partial charge in [0.05, 0.1) is 5.41 Å². The molecule has 0 fully saturated rings. The zero-order valence-corrected chi connectivity index (χ0v) is 22.5. The van der Waals surface area contributed by atoms with Gasteiger partial charge in [-0.05, 0) is 68.3 Å². The molecule has 0 N–H and O–H groups in total. The quantitative estimate of drug-likeness (QED) is 0.206. The van der Waals surface area contributed by atoms with Gasteiger partial charge >= 0.3 is 0 Å². The maximum atomic E-state index is 6.55. The van der Waals surface area contributed by atoms with Gasteiger partial charge in [0.1, 0.15) is 11.5 Å². The lowest BCUT2D eigenvalue weighted by Gasteiger charge is -2.40. The fourth-order valence-electron chi connectivity index (χ4n) is 6.91. The number of ether oxygens (including phenoxy) is 1. The highest BCUT2D eigenvalue weighted by Crippen LogP contribution is 2.64. The Labute approximate surface area is 239 Å². The first-order valence-electron chi connectivity index (χ1n) is 13.7. The van der Waals surface area contributed by atoms with E-state index in [9.17, 15) is 0 Å². The summed E-state index contributed by atoms with van der Waals surface area (Å²) in [7, 11) is 0. The van der Waals surface area contributed by atoms with Crippen LogP contribution < -0.4 is 4.74 Å². The predicted molar refractivity (Wildman–Crippen MR) is 164 cm³/mol. The third-order valence-corrected chi connectivity index (χ3v) is 8.78. The minimum absolute atomic E-state index is 0.460. The minimum atomic E-state index is -0.529. The molecule has 1 aliphatic heterocycles. The second-order valence-electron chi connectivity index (χ2n) is 10.5. The van der Waals surface area contributed by atoms with E-state index in [1.165, 1.54) is 55.6 Å². The number of benzene rings is 6. The number of hydrogen-bond acceptors (Lipinski definition) is 1. The fraction of sp³-hybridized carbons (Fsp3) is 0.0526. The van der Waals surface area contributed by atoms with Crippen molar-refractivity contribution in [1.29, 1.82) is 0 Å². The van der Waals surface area contributed by atoms with Crippen LogP contribution in [0.4, 0.5) is 0 Å². The van der Waals surface area contributed by atoms with E-state index < -0.39 is 5.41 Å². The molecular weight excluding hydrogens is 508 g/mol. The lowest BCUT2D eigenvalue weighted by molar-refractivity contribution is 0.436. The second kappa shape index (κ2) is 8.98. The fourth-order valence-corrected chi connectivity index (χ4v) is 7.07. The van der Waals surface area contributed by atoms with Gasteiger partial charge in [0.2, 0.25) is 0 Å². The van der Waals surface area contributed by atoms with Crippen LogP contribution in [0.1, 0.15) is 27.8 Å². The van der Waals surface area contributed by atoms with Gasteiger partial charge < -0.3 is 4.74 Å². The predicted octanol–water partition coefficient (Wildman–Crippen LogP) is 10.2. The molecule has 190 valence electrons. The molecule has 1 spiro atoms. The Bertz CT molecular complexity index is 1880. The van der Waals surface area contributed by atoms with E-state index in [1.807, 2.05) is 0 Å². The topological polar surface area (TPSA) is 9.23 Å². The highest BCUT2D eigenvalue weighted by atomic mass is 35.5. The van der Waals surface area contributed by atoms with E-state index >= 15 is 0 Å². The molecule has 2 aliphatic rings. The zero-order chi connectivity index (χ0) is 26.7. The summed E-state index contributed by atoms with van der Waals surface area (Å²) >= 11 is 6.43. The van der Waals surface area contributed by atoms with Gasteiger partial charge in [-0.15, -0.1) is 11.6 Å². The Balaban J connectivity index is 1.55. The number of rotatable bonds is 3. The van der Waals surface area contributed by atoms with Crippen molar-refractivity contribution in [2.45, 2.75) is 11.3 Å². The van der Waals surface area contributed by atoms with Crippen molar-refractivity contribution >= 4 is 11.6 Å². The molecule has 0 saturated heterocycles. The Morgan fingerprint density at radius 3 is 1.75 bits per heavy atom. The SMILES string of the molecule is ClCc1ccc(-c2ccccc2)c(-c2cccc3c2C2(c4ccccc4Oc4ccccc42)c2ccccc2-3)c1. The summed E-state index contributed by atoms with van der Waals surface area (Å²) in [6.45, 7) is 0. The van der Waals surface area contributed by atoms with Gasteiger partial charge in [0.15, 0.2) is 0 Å². The number of halogens is 1. The summed E-state index contributed by atoms with van der Waals surface area (Å²) in [5.74, 6) is 2.26. The van der Waals surface area contributed by atoms with Gasteiger partial charge in [-0.2, -0.15) is 0 Å². The normalized spacial score (nSPS) is 13.6. The molecule has 0 saturated carbocycles. The van der Waals surface area contributed by atoms with Crippen LogP contribution in [-0.4, -0.2) is 0 Å². The van der Waals surface area contributed by atoms with Crippen molar-refractivity contribution < 1.29 is 4.74 Å². The van der Waals surface area contributed by atoms with Gasteiger partial charge in [-0.3, -0.25) is 0 Å². The molecule has 0 bridgehead atoms. The van der Waals surface area contributed by atoms with Crippen molar-refractivity contribution in [1.82, 2.24) is 0 Å². The van der Waals surface area contributed by atoms with Crippen LogP contribution >= 0.6 is 11.6 Å². The summed E-state index contributed by atoms with van der Waals surface area (Å²) in [5, 5.41) is 0. The van der Waals surface area contributed by atoms with Gasteiger partial charge in [-0.1, -0.05) is 121 Å². The number of para-hydroxylation sites is 2. The molecule has 1 aliphatic carbocycles. The van der Waals surface area contributed by atoms with E-state index in [0.717, 1.165) is 17.1 Å². The Morgan fingerprint density at radius 1 is 0.475 bits per heavy atom. The first-order valence-corrected chi connectivity index (χ1v) is 14.2. The van der Waals surface area contributed by atoms with Crippen molar-refractivity contribution in [3.8, 4) is 44.9 Å². The molecule has 0 unspecified atom stereocenters. The van der Waals surface area contributed by atoms with Crippen LogP contribution in [0.5, 0.6) is 11.5 Å². The smallest absolute Gasteiger partial charge is 0.132 e. The second-order valence-corrected chi connectivity index (χ2v) is 10.8. The number of alkyl halides is 1. The first kappa shape index (κ1) is 23.3. The highest BCUT2D eigenvalue weighted by Gasteiger charge is 2.52. The van der Waals surface area contributed by atoms with Crippen LogP contribution in [0, 0.1) is 0 Å². The van der Waals surface area contributed by atoms with Crippen LogP contribution in [-0.2, 0) is 11.3 Å². The number of fused-ring (bicyclic) bond motifs is 9. The van der Waals surface area contributed by atoms with Crippen molar-refractivity contribution in [2.75, 3.05) is 0 Å². The first-order chi connectivity index (χ1) is 19.8. The average molecular weight is 533 g/mol. The van der Waals surface area contributed by atoms with E-state index in [4.69, 9.17) is 16.3 Å². The molecule has 0 amide bonds. The molecular formula is C38H25ClO. The molecule has 8 rings (SSSR count). The Kier molecular flexibility index (Phi) is 5.23. The maximum absolute atomic E-state index is 6.55. The maximum Gasteiger partial charge on any atom is 0.132 e. The molecule has 1 heterocycles. The molecule has 0 aromatic heterocycles. The van der Waals surface area contributed by atoms with E-state index in [2.05, 4.69) is 140 Å². The molecule has 6 aromatic carbocycles. The van der Waals surface area contributed by atoms with Gasteiger partial charge in [0, 0.05) is 17.0 Å². The van der Waals surface area contributed by atoms with E-state index in [0.29, 0.717) is 5.88 Å². The van der Waals surface area contributed by atoms with E-state index in [-0.39, 0.29) is 0 Å². The summed E-state index contributed by atoms with van der Waals surface area (Å²) < 4.78 is 6.55. The summed E-state index contributed by atoms with van der Waals surface area (Å²) in [5.41, 5.74) is 12.8. The number of hydrogen-bond donors (Lipinski definition) is 0. The lowest BCUT2D eigenvalue weighted by Crippen LogP contribution is -2.32. The molecule has 0 atom stereocenters. The zero-order valence-electron chi connectivity index (χ0n) is 21.8.